The number of hydrogen-bond acceptors (Lipinski definition) is 8. The Kier molecular flexibility index (Phi) is 6.98. The molecule has 2 radical (unpaired) electrons. The quantitative estimate of drug-likeness (QED) is 0.202. The Balaban J connectivity index is 1.39. The van der Waals surface area contributed by atoms with Gasteiger partial charge in [0.1, 0.15) is 19.7 Å². The van der Waals surface area contributed by atoms with Crippen molar-refractivity contribution in [3.8, 4) is 6.07 Å². The third-order valence-electron chi connectivity index (χ3n) is 7.65. The highest BCUT2D eigenvalue weighted by Gasteiger charge is 2.37. The van der Waals surface area contributed by atoms with Crippen molar-refractivity contribution >= 4 is 41.7 Å². The molecule has 39 heavy (non-hydrogen) atoms. The van der Waals surface area contributed by atoms with Crippen molar-refractivity contribution in [2.24, 2.45) is 0 Å². The molecule has 3 aromatic rings. The van der Waals surface area contributed by atoms with Crippen LogP contribution in [-0.4, -0.2) is 29.9 Å². The molecular weight excluding hydrogens is 514 g/mol. The van der Waals surface area contributed by atoms with Crippen LogP contribution in [-0.2, 0) is 5.44 Å². The van der Waals surface area contributed by atoms with Crippen LogP contribution in [0, 0.1) is 17.1 Å². The number of fused-ring (bicyclic) bond motifs is 1. The number of hydrazine groups is 3. The van der Waals surface area contributed by atoms with E-state index in [1.807, 2.05) is 17.3 Å². The molecule has 3 aliphatic rings. The number of nitrogens with one attached hydrogen (secondary N) is 5. The molecule has 0 bridgehead atoms. The Morgan fingerprint density at radius 1 is 1.13 bits per heavy atom. The molecule has 2 heterocycles. The van der Waals surface area contributed by atoms with E-state index in [-0.39, 0.29) is 5.82 Å². The van der Waals surface area contributed by atoms with Gasteiger partial charge in [-0.1, -0.05) is 43.0 Å². The Morgan fingerprint density at radius 2 is 1.90 bits per heavy atom. The molecule has 1 atom stereocenters. The lowest BCUT2D eigenvalue weighted by atomic mass is 9.69. The molecule has 0 saturated heterocycles. The monoisotopic (exact) mass is 542 g/mol. The smallest absolute Gasteiger partial charge is 0.123 e. The molecular formula is C28H29BClFN8. The van der Waals surface area contributed by atoms with Gasteiger partial charge in [0.15, 0.2) is 0 Å². The van der Waals surface area contributed by atoms with Crippen molar-refractivity contribution in [3.63, 3.8) is 0 Å². The summed E-state index contributed by atoms with van der Waals surface area (Å²) in [5.74, 6) is -0.350. The lowest BCUT2D eigenvalue weighted by molar-refractivity contribution is 0.260. The van der Waals surface area contributed by atoms with E-state index in [2.05, 4.69) is 38.2 Å². The van der Waals surface area contributed by atoms with E-state index in [1.54, 1.807) is 18.2 Å². The van der Waals surface area contributed by atoms with Gasteiger partial charge in [0.05, 0.1) is 32.9 Å². The van der Waals surface area contributed by atoms with Crippen LogP contribution in [0.4, 0.5) is 15.8 Å². The van der Waals surface area contributed by atoms with E-state index >= 15 is 0 Å². The van der Waals surface area contributed by atoms with E-state index in [0.29, 0.717) is 56.2 Å². The molecule has 1 unspecified atom stereocenters. The van der Waals surface area contributed by atoms with E-state index in [4.69, 9.17) is 19.4 Å². The standard InChI is InChI=1S/C28H29BClFN8/c29-28(18-6-8-19(31)9-7-18,25-16-39(38-36-25)22-10-11-22)34-21-12-23-26(37-35-20-4-2-1-3-5-20)17(14-32)15-33-27(23)24(30)13-21/h6-9,12-13,15-16,20,22,34-36,38H,1-5,10-11H2,(H,33,37). The first-order valence-electron chi connectivity index (χ1n) is 13.3. The first-order valence-corrected chi connectivity index (χ1v) is 13.7. The van der Waals surface area contributed by atoms with E-state index in [0.717, 1.165) is 25.7 Å². The second-order valence-corrected chi connectivity index (χ2v) is 10.9. The molecule has 2 saturated carbocycles. The average Bonchev–Trinajstić information content (AvgIpc) is 3.68. The summed E-state index contributed by atoms with van der Waals surface area (Å²) in [7, 11) is 7.06. The van der Waals surface area contributed by atoms with Gasteiger partial charge in [0, 0.05) is 35.6 Å². The van der Waals surface area contributed by atoms with Gasteiger partial charge in [-0.25, -0.2) is 9.82 Å². The number of rotatable bonds is 8. The van der Waals surface area contributed by atoms with Gasteiger partial charge in [-0.2, -0.15) is 5.26 Å². The van der Waals surface area contributed by atoms with Crippen LogP contribution in [0.2, 0.25) is 5.02 Å². The summed E-state index contributed by atoms with van der Waals surface area (Å²) in [6.45, 7) is 0. The zero-order chi connectivity index (χ0) is 27.0. The molecule has 2 aliphatic carbocycles. The van der Waals surface area contributed by atoms with Crippen LogP contribution < -0.4 is 27.1 Å². The van der Waals surface area contributed by atoms with E-state index < -0.39 is 5.44 Å². The second kappa shape index (κ2) is 10.6. The van der Waals surface area contributed by atoms with Crippen LogP contribution in [0.3, 0.4) is 0 Å². The highest BCUT2D eigenvalue weighted by Crippen LogP contribution is 2.38. The predicted octanol–water partition coefficient (Wildman–Crippen LogP) is 4.91. The van der Waals surface area contributed by atoms with Gasteiger partial charge in [-0.3, -0.25) is 9.99 Å². The number of nitrogens with zero attached hydrogens (tertiary/aromatic N) is 3. The van der Waals surface area contributed by atoms with Crippen LogP contribution in [0.15, 0.2) is 54.5 Å². The third kappa shape index (κ3) is 5.22. The number of hydrogen-bond donors (Lipinski definition) is 5. The second-order valence-electron chi connectivity index (χ2n) is 10.5. The van der Waals surface area contributed by atoms with Gasteiger partial charge in [-0.05, 0) is 55.5 Å². The number of aromatic nitrogens is 1. The minimum atomic E-state index is -1.25. The molecule has 0 spiro atoms. The van der Waals surface area contributed by atoms with Crippen LogP contribution in [0.25, 0.3) is 10.9 Å². The molecule has 8 nitrogen and oxygen atoms in total. The van der Waals surface area contributed by atoms with Crippen LogP contribution in [0.5, 0.6) is 0 Å². The molecule has 2 fully saturated rings. The van der Waals surface area contributed by atoms with Crippen LogP contribution >= 0.6 is 11.6 Å². The number of halogens is 2. The maximum absolute atomic E-state index is 13.8. The zero-order valence-corrected chi connectivity index (χ0v) is 22.2. The normalized spacial score (nSPS) is 19.2. The first-order chi connectivity index (χ1) is 18.9. The summed E-state index contributed by atoms with van der Waals surface area (Å²) in [5, 5.41) is 16.4. The molecule has 5 N–H and O–H groups in total. The third-order valence-corrected chi connectivity index (χ3v) is 7.93. The van der Waals surface area contributed by atoms with Gasteiger partial charge >= 0.3 is 0 Å². The fourth-order valence-electron chi connectivity index (χ4n) is 5.29. The number of nitriles is 1. The maximum atomic E-state index is 13.8. The number of pyridine rings is 1. The van der Waals surface area contributed by atoms with Gasteiger partial charge in [0.2, 0.25) is 0 Å². The Morgan fingerprint density at radius 3 is 2.62 bits per heavy atom. The van der Waals surface area contributed by atoms with Gasteiger partial charge in [0.25, 0.3) is 0 Å². The molecule has 0 amide bonds. The zero-order valence-electron chi connectivity index (χ0n) is 21.4. The molecule has 1 aliphatic heterocycles. The van der Waals surface area contributed by atoms with Crippen molar-refractivity contribution in [1.82, 2.24) is 26.4 Å². The maximum Gasteiger partial charge on any atom is 0.123 e. The highest BCUT2D eigenvalue weighted by molar-refractivity contribution is 6.36. The van der Waals surface area contributed by atoms with E-state index in [9.17, 15) is 9.65 Å². The lowest BCUT2D eigenvalue weighted by Gasteiger charge is -2.34. The van der Waals surface area contributed by atoms with E-state index in [1.165, 1.54) is 37.6 Å². The summed E-state index contributed by atoms with van der Waals surface area (Å²) in [5.41, 5.74) is 15.3. The molecule has 1 aromatic heterocycles. The minimum Gasteiger partial charge on any atom is -0.378 e. The number of benzene rings is 2. The molecule has 11 heteroatoms. The topological polar surface area (TPSA) is 100 Å². The SMILES string of the molecule is [B]C(Nc1cc(Cl)c2ncc(C#N)c(NNC3CCCCC3)c2c1)(C1=CN(C2CC2)NN1)c1ccc(F)cc1. The average molecular weight is 543 g/mol. The predicted molar refractivity (Wildman–Crippen MR) is 152 cm³/mol. The fraction of sp³-hybridized carbons (Fsp3) is 0.357. The Labute approximate surface area is 233 Å². The number of anilines is 2. The summed E-state index contributed by atoms with van der Waals surface area (Å²) in [6, 6.07) is 12.7. The summed E-state index contributed by atoms with van der Waals surface area (Å²) in [4.78, 5) is 4.46. The van der Waals surface area contributed by atoms with Crippen molar-refractivity contribution < 1.29 is 4.39 Å². The van der Waals surface area contributed by atoms with Crippen molar-refractivity contribution in [1.29, 1.82) is 5.26 Å². The highest BCUT2D eigenvalue weighted by atomic mass is 35.5. The summed E-state index contributed by atoms with van der Waals surface area (Å²) in [6.07, 6.45) is 11.4. The first kappa shape index (κ1) is 25.7. The van der Waals surface area contributed by atoms with Gasteiger partial charge in [-0.15, -0.1) is 5.53 Å². The van der Waals surface area contributed by atoms with Gasteiger partial charge < -0.3 is 16.2 Å². The Bertz CT molecular complexity index is 1450. The van der Waals surface area contributed by atoms with Crippen molar-refractivity contribution in [2.45, 2.75) is 62.5 Å². The summed E-state index contributed by atoms with van der Waals surface area (Å²) >= 11 is 6.73. The molecule has 6 rings (SSSR count). The minimum absolute atomic E-state index is 0.322. The van der Waals surface area contributed by atoms with Crippen molar-refractivity contribution in [2.75, 3.05) is 10.7 Å². The largest absolute Gasteiger partial charge is 0.378 e. The Hall–Kier alpha value is -3.52. The van der Waals surface area contributed by atoms with Crippen LogP contribution in [0.1, 0.15) is 56.1 Å². The van der Waals surface area contributed by atoms with Crippen molar-refractivity contribution in [3.05, 3.63) is 76.5 Å². The molecule has 198 valence electrons. The lowest BCUT2D eigenvalue weighted by Crippen LogP contribution is -2.45. The fourth-order valence-corrected chi connectivity index (χ4v) is 5.55. The summed E-state index contributed by atoms with van der Waals surface area (Å²) < 4.78 is 13.8. The molecule has 2 aromatic carbocycles.